The molecule has 2 heterocycles. The Morgan fingerprint density at radius 1 is 0.354 bits per heavy atom. The van der Waals surface area contributed by atoms with Crippen LogP contribution in [0.15, 0.2) is 133 Å². The fraction of sp³-hybridized carbons (Fsp3) is 0.174. The van der Waals surface area contributed by atoms with E-state index in [1.165, 1.54) is 32.7 Å². The van der Waals surface area contributed by atoms with Gasteiger partial charge in [-0.1, -0.05) is 139 Å². The van der Waals surface area contributed by atoms with Gasteiger partial charge in [-0.2, -0.15) is 0 Å². The van der Waals surface area contributed by atoms with Crippen LogP contribution in [0.5, 0.6) is 0 Å². The summed E-state index contributed by atoms with van der Waals surface area (Å²) in [6.07, 6.45) is 0. The fourth-order valence-corrected chi connectivity index (χ4v) is 6.78. The number of hydrogen-bond acceptors (Lipinski definition) is 2. The standard InChI is InChI=1S/C46H40N2/c1-45(2,3)37-21-17-29-13-15-31-19-23-41(47-43(31)39(29)27-37)35-11-7-9-33(25-35)34-10-8-12-36(26-34)42-24-20-32-16-14-30-18-22-38(46(4,5)6)28-40(30)44(32)48-42/h7-28H,1-6H3. The molecule has 8 rings (SSSR count). The van der Waals surface area contributed by atoms with Gasteiger partial charge in [-0.15, -0.1) is 0 Å². The van der Waals surface area contributed by atoms with E-state index in [1.807, 2.05) is 0 Å². The predicted molar refractivity (Wildman–Crippen MR) is 206 cm³/mol. The van der Waals surface area contributed by atoms with Crippen molar-refractivity contribution >= 4 is 43.4 Å². The number of hydrogen-bond donors (Lipinski definition) is 0. The Balaban J connectivity index is 1.19. The molecule has 0 bridgehead atoms. The summed E-state index contributed by atoms with van der Waals surface area (Å²) in [7, 11) is 0. The molecule has 0 saturated heterocycles. The van der Waals surface area contributed by atoms with Crippen LogP contribution in [0.25, 0.3) is 77.0 Å². The van der Waals surface area contributed by atoms with Crippen LogP contribution in [-0.4, -0.2) is 9.97 Å². The van der Waals surface area contributed by atoms with E-state index < -0.39 is 0 Å². The van der Waals surface area contributed by atoms with Crippen molar-refractivity contribution in [1.82, 2.24) is 9.97 Å². The molecule has 0 aliphatic heterocycles. The highest BCUT2D eigenvalue weighted by molar-refractivity contribution is 6.07. The number of aromatic nitrogens is 2. The molecule has 234 valence electrons. The van der Waals surface area contributed by atoms with Gasteiger partial charge in [-0.25, -0.2) is 9.97 Å². The van der Waals surface area contributed by atoms with E-state index in [0.29, 0.717) is 0 Å². The molecule has 0 aliphatic rings. The second kappa shape index (κ2) is 11.1. The lowest BCUT2D eigenvalue weighted by Gasteiger charge is -2.20. The van der Waals surface area contributed by atoms with Crippen molar-refractivity contribution in [2.24, 2.45) is 0 Å². The van der Waals surface area contributed by atoms with Crippen molar-refractivity contribution in [2.75, 3.05) is 0 Å². The molecule has 0 atom stereocenters. The van der Waals surface area contributed by atoms with Gasteiger partial charge in [0.05, 0.1) is 22.4 Å². The van der Waals surface area contributed by atoms with Crippen molar-refractivity contribution < 1.29 is 0 Å². The topological polar surface area (TPSA) is 25.8 Å². The fourth-order valence-electron chi connectivity index (χ4n) is 6.78. The Kier molecular flexibility index (Phi) is 6.96. The zero-order chi connectivity index (χ0) is 33.2. The molecule has 0 radical (unpaired) electrons. The Bertz CT molecular complexity index is 2350. The summed E-state index contributed by atoms with van der Waals surface area (Å²) in [6.45, 7) is 13.6. The van der Waals surface area contributed by atoms with Crippen LogP contribution in [0.4, 0.5) is 0 Å². The highest BCUT2D eigenvalue weighted by Gasteiger charge is 2.17. The molecule has 2 aromatic heterocycles. The number of nitrogens with zero attached hydrogens (tertiary/aromatic N) is 2. The van der Waals surface area contributed by atoms with E-state index in [0.717, 1.165) is 55.4 Å². The maximum atomic E-state index is 5.26. The molecule has 0 spiro atoms. The minimum Gasteiger partial charge on any atom is -0.247 e. The van der Waals surface area contributed by atoms with E-state index >= 15 is 0 Å². The number of rotatable bonds is 3. The number of benzene rings is 6. The lowest BCUT2D eigenvalue weighted by Crippen LogP contribution is -2.10. The first kappa shape index (κ1) is 30.0. The monoisotopic (exact) mass is 620 g/mol. The maximum absolute atomic E-state index is 5.26. The van der Waals surface area contributed by atoms with Crippen molar-refractivity contribution in [3.05, 3.63) is 145 Å². The summed E-state index contributed by atoms with van der Waals surface area (Å²) in [6, 6.07) is 48.5. The molecule has 0 aliphatic carbocycles. The molecule has 48 heavy (non-hydrogen) atoms. The average Bonchev–Trinajstić information content (AvgIpc) is 3.10. The first-order valence-electron chi connectivity index (χ1n) is 16.9. The SMILES string of the molecule is CC(C)(C)c1ccc2ccc3ccc(-c4cccc(-c5cccc(-c6ccc7ccc8ccc(C(C)(C)C)cc8c7n6)c5)c4)nc3c2c1. The summed E-state index contributed by atoms with van der Waals surface area (Å²) < 4.78 is 0. The maximum Gasteiger partial charge on any atom is 0.0787 e. The summed E-state index contributed by atoms with van der Waals surface area (Å²) >= 11 is 0. The molecule has 0 saturated carbocycles. The summed E-state index contributed by atoms with van der Waals surface area (Å²) in [5, 5.41) is 7.16. The highest BCUT2D eigenvalue weighted by atomic mass is 14.7. The zero-order valence-electron chi connectivity index (χ0n) is 28.6. The molecule has 0 amide bonds. The third-order valence-electron chi connectivity index (χ3n) is 9.74. The molecule has 2 nitrogen and oxygen atoms in total. The van der Waals surface area contributed by atoms with Crippen molar-refractivity contribution in [3.8, 4) is 33.6 Å². The number of fused-ring (bicyclic) bond motifs is 6. The average molecular weight is 621 g/mol. The van der Waals surface area contributed by atoms with Crippen LogP contribution in [0.3, 0.4) is 0 Å². The molecule has 0 fully saturated rings. The van der Waals surface area contributed by atoms with Gasteiger partial charge in [0.15, 0.2) is 0 Å². The molecule has 8 aromatic rings. The predicted octanol–water partition coefficient (Wildman–Crippen LogP) is 12.7. The lowest BCUT2D eigenvalue weighted by molar-refractivity contribution is 0.591. The van der Waals surface area contributed by atoms with Crippen molar-refractivity contribution in [2.45, 2.75) is 52.4 Å². The van der Waals surface area contributed by atoms with Gasteiger partial charge < -0.3 is 0 Å². The van der Waals surface area contributed by atoms with Gasteiger partial charge >= 0.3 is 0 Å². The van der Waals surface area contributed by atoms with Gasteiger partial charge in [0.2, 0.25) is 0 Å². The van der Waals surface area contributed by atoms with Crippen LogP contribution >= 0.6 is 0 Å². The molecule has 0 N–H and O–H groups in total. The largest absolute Gasteiger partial charge is 0.247 e. The Labute approximate surface area is 283 Å². The third kappa shape index (κ3) is 5.42. The van der Waals surface area contributed by atoms with Crippen molar-refractivity contribution in [3.63, 3.8) is 0 Å². The quantitative estimate of drug-likeness (QED) is 0.184. The second-order valence-corrected chi connectivity index (χ2v) is 15.2. The van der Waals surface area contributed by atoms with E-state index in [2.05, 4.69) is 175 Å². The van der Waals surface area contributed by atoms with Crippen LogP contribution in [0, 0.1) is 0 Å². The summed E-state index contributed by atoms with van der Waals surface area (Å²) in [5.74, 6) is 0. The lowest BCUT2D eigenvalue weighted by atomic mass is 9.85. The third-order valence-corrected chi connectivity index (χ3v) is 9.74. The zero-order valence-corrected chi connectivity index (χ0v) is 28.6. The van der Waals surface area contributed by atoms with E-state index in [1.54, 1.807) is 0 Å². The van der Waals surface area contributed by atoms with Crippen molar-refractivity contribution in [1.29, 1.82) is 0 Å². The molecule has 0 unspecified atom stereocenters. The normalized spacial score (nSPS) is 12.4. The van der Waals surface area contributed by atoms with E-state index in [-0.39, 0.29) is 10.8 Å². The molecular formula is C46H40N2. The van der Waals surface area contributed by atoms with Crippen LogP contribution in [-0.2, 0) is 10.8 Å². The Hall–Kier alpha value is -5.34. The van der Waals surface area contributed by atoms with Gasteiger partial charge in [-0.05, 0) is 80.3 Å². The minimum absolute atomic E-state index is 0.0722. The first-order chi connectivity index (χ1) is 23.0. The van der Waals surface area contributed by atoms with Crippen LogP contribution in [0.2, 0.25) is 0 Å². The van der Waals surface area contributed by atoms with E-state index in [4.69, 9.17) is 9.97 Å². The molecule has 6 aromatic carbocycles. The summed E-state index contributed by atoms with van der Waals surface area (Å²) in [4.78, 5) is 10.5. The van der Waals surface area contributed by atoms with Crippen LogP contribution < -0.4 is 0 Å². The first-order valence-corrected chi connectivity index (χ1v) is 16.9. The van der Waals surface area contributed by atoms with E-state index in [9.17, 15) is 0 Å². The molecular weight excluding hydrogens is 581 g/mol. The Morgan fingerprint density at radius 3 is 1.12 bits per heavy atom. The van der Waals surface area contributed by atoms with Crippen LogP contribution in [0.1, 0.15) is 52.7 Å². The molecule has 2 heteroatoms. The second-order valence-electron chi connectivity index (χ2n) is 15.2. The van der Waals surface area contributed by atoms with Gasteiger partial charge in [-0.3, -0.25) is 0 Å². The summed E-state index contributed by atoms with van der Waals surface area (Å²) in [5.41, 5.74) is 11.4. The minimum atomic E-state index is 0.0722. The Morgan fingerprint density at radius 2 is 0.708 bits per heavy atom. The van der Waals surface area contributed by atoms with Gasteiger partial charge in [0.1, 0.15) is 0 Å². The van der Waals surface area contributed by atoms with Gasteiger partial charge in [0.25, 0.3) is 0 Å². The smallest absolute Gasteiger partial charge is 0.0787 e. The van der Waals surface area contributed by atoms with Gasteiger partial charge in [0, 0.05) is 32.7 Å². The highest BCUT2D eigenvalue weighted by Crippen LogP contribution is 2.35. The number of pyridine rings is 2.